The molecule has 0 atom stereocenters. The average Bonchev–Trinajstić information content (AvgIpc) is 2.37. The summed E-state index contributed by atoms with van der Waals surface area (Å²) < 4.78 is 6.69. The second-order valence-electron chi connectivity index (χ2n) is 4.42. The van der Waals surface area contributed by atoms with E-state index in [1.807, 2.05) is 38.1 Å². The third-order valence-corrected chi connectivity index (χ3v) is 3.51. The lowest BCUT2D eigenvalue weighted by Gasteiger charge is -2.10. The van der Waals surface area contributed by atoms with Crippen LogP contribution in [0.4, 0.5) is 0 Å². The van der Waals surface area contributed by atoms with E-state index in [1.54, 1.807) is 6.07 Å². The van der Waals surface area contributed by atoms with Crippen LogP contribution < -0.4 is 4.74 Å². The van der Waals surface area contributed by atoms with Crippen LogP contribution in [-0.2, 0) is 6.61 Å². The molecular weight excluding hydrogens is 328 g/mol. The predicted molar refractivity (Wildman–Crippen MR) is 79.6 cm³/mol. The third kappa shape index (κ3) is 3.91. The molecule has 1 aromatic carbocycles. The fraction of sp³-hybridized carbons (Fsp3) is 0.286. The van der Waals surface area contributed by atoms with Crippen LogP contribution in [0.1, 0.15) is 31.2 Å². The van der Waals surface area contributed by atoms with E-state index in [9.17, 15) is 0 Å². The van der Waals surface area contributed by atoms with Gasteiger partial charge < -0.3 is 4.74 Å². The van der Waals surface area contributed by atoms with Gasteiger partial charge in [0.15, 0.2) is 0 Å². The number of rotatable bonds is 4. The number of hydrogen-bond donors (Lipinski definition) is 0. The van der Waals surface area contributed by atoms with Gasteiger partial charge in [0.05, 0.1) is 0 Å². The van der Waals surface area contributed by atoms with Gasteiger partial charge in [0.25, 0.3) is 0 Å². The van der Waals surface area contributed by atoms with Crippen LogP contribution >= 0.6 is 27.5 Å². The normalized spacial score (nSPS) is 10.8. The highest BCUT2D eigenvalue weighted by molar-refractivity contribution is 9.10. The monoisotopic (exact) mass is 340 g/mol. The van der Waals surface area contributed by atoms with Crippen molar-refractivity contribution in [2.45, 2.75) is 26.4 Å². The number of halogens is 2. The van der Waals surface area contributed by atoms with Crippen molar-refractivity contribution in [3.63, 3.8) is 0 Å². The van der Waals surface area contributed by atoms with Crippen LogP contribution in [0.3, 0.4) is 0 Å². The molecule has 0 fully saturated rings. The van der Waals surface area contributed by atoms with Gasteiger partial charge in [0.1, 0.15) is 17.6 Å². The van der Waals surface area contributed by atoms with E-state index in [0.717, 1.165) is 10.0 Å². The predicted octanol–water partition coefficient (Wildman–Crippen LogP) is 4.59. The molecule has 0 aliphatic rings. The lowest BCUT2D eigenvalue weighted by atomic mass is 10.2. The van der Waals surface area contributed by atoms with E-state index in [1.165, 1.54) is 0 Å². The minimum atomic E-state index is 0.213. The highest BCUT2D eigenvalue weighted by atomic mass is 79.9. The van der Waals surface area contributed by atoms with Crippen LogP contribution in [0.15, 0.2) is 34.8 Å². The summed E-state index contributed by atoms with van der Waals surface area (Å²) in [6, 6.07) is 9.54. The van der Waals surface area contributed by atoms with E-state index in [2.05, 4.69) is 25.9 Å². The molecule has 5 heteroatoms. The molecule has 0 radical (unpaired) electrons. The molecule has 0 aliphatic carbocycles. The Labute approximate surface area is 126 Å². The molecule has 2 aromatic rings. The molecule has 0 saturated heterocycles. The second-order valence-corrected chi connectivity index (χ2v) is 5.66. The Bertz CT molecular complexity index is 575. The number of benzene rings is 1. The molecule has 0 saturated carbocycles. The summed E-state index contributed by atoms with van der Waals surface area (Å²) >= 11 is 9.45. The highest BCUT2D eigenvalue weighted by Gasteiger charge is 2.08. The molecule has 0 aliphatic heterocycles. The van der Waals surface area contributed by atoms with Crippen LogP contribution in [0.5, 0.6) is 5.88 Å². The highest BCUT2D eigenvalue weighted by Crippen LogP contribution is 2.21. The standard InChI is InChI=1S/C14H14BrClN2O/c1-9(2)14-17-12(16)7-13(18-14)19-8-10-5-3-4-6-11(10)15/h3-7,9H,8H2,1-2H3. The van der Waals surface area contributed by atoms with Gasteiger partial charge in [-0.3, -0.25) is 0 Å². The molecule has 19 heavy (non-hydrogen) atoms. The third-order valence-electron chi connectivity index (χ3n) is 2.54. The van der Waals surface area contributed by atoms with Crippen molar-refractivity contribution in [1.29, 1.82) is 0 Å². The summed E-state index contributed by atoms with van der Waals surface area (Å²) in [5.41, 5.74) is 1.06. The maximum atomic E-state index is 5.97. The first-order chi connectivity index (χ1) is 9.06. The molecule has 0 unspecified atom stereocenters. The Balaban J connectivity index is 2.14. The Morgan fingerprint density at radius 3 is 2.68 bits per heavy atom. The van der Waals surface area contributed by atoms with Crippen molar-refractivity contribution in [3.05, 3.63) is 51.3 Å². The average molecular weight is 342 g/mol. The van der Waals surface area contributed by atoms with Crippen molar-refractivity contribution < 1.29 is 4.74 Å². The molecule has 0 spiro atoms. The Morgan fingerprint density at radius 2 is 2.00 bits per heavy atom. The zero-order valence-corrected chi connectivity index (χ0v) is 13.1. The summed E-state index contributed by atoms with van der Waals surface area (Å²) in [6.45, 7) is 4.47. The van der Waals surface area contributed by atoms with Gasteiger partial charge in [0, 0.05) is 22.0 Å². The minimum Gasteiger partial charge on any atom is -0.473 e. The van der Waals surface area contributed by atoms with Crippen LogP contribution in [0, 0.1) is 0 Å². The summed E-state index contributed by atoms with van der Waals surface area (Å²) in [6.07, 6.45) is 0. The van der Waals surface area contributed by atoms with Gasteiger partial charge in [-0.25, -0.2) is 4.98 Å². The molecule has 0 bridgehead atoms. The molecular formula is C14H14BrClN2O. The summed E-state index contributed by atoms with van der Waals surface area (Å²) in [4.78, 5) is 8.52. The number of ether oxygens (including phenoxy) is 1. The second kappa shape index (κ2) is 6.35. The molecule has 1 heterocycles. The number of aromatic nitrogens is 2. The van der Waals surface area contributed by atoms with Crippen molar-refractivity contribution in [1.82, 2.24) is 9.97 Å². The van der Waals surface area contributed by atoms with Gasteiger partial charge in [-0.1, -0.05) is 59.6 Å². The van der Waals surface area contributed by atoms with E-state index in [4.69, 9.17) is 16.3 Å². The van der Waals surface area contributed by atoms with Crippen molar-refractivity contribution in [2.75, 3.05) is 0 Å². The van der Waals surface area contributed by atoms with Gasteiger partial charge >= 0.3 is 0 Å². The first-order valence-electron chi connectivity index (χ1n) is 5.97. The lowest BCUT2D eigenvalue weighted by molar-refractivity contribution is 0.291. The van der Waals surface area contributed by atoms with Crippen molar-refractivity contribution >= 4 is 27.5 Å². The topological polar surface area (TPSA) is 35.0 Å². The summed E-state index contributed by atoms with van der Waals surface area (Å²) in [5.74, 6) is 1.40. The number of nitrogens with zero attached hydrogens (tertiary/aromatic N) is 2. The van der Waals surface area contributed by atoms with E-state index >= 15 is 0 Å². The fourth-order valence-corrected chi connectivity index (χ4v) is 2.09. The zero-order chi connectivity index (χ0) is 13.8. The summed E-state index contributed by atoms with van der Waals surface area (Å²) in [5, 5.41) is 0.404. The molecule has 0 N–H and O–H groups in total. The van der Waals surface area contributed by atoms with Gasteiger partial charge in [-0.15, -0.1) is 0 Å². The molecule has 3 nitrogen and oxygen atoms in total. The zero-order valence-electron chi connectivity index (χ0n) is 10.7. The molecule has 1 aromatic heterocycles. The van der Waals surface area contributed by atoms with Gasteiger partial charge in [-0.2, -0.15) is 4.98 Å². The van der Waals surface area contributed by atoms with E-state index < -0.39 is 0 Å². The fourth-order valence-electron chi connectivity index (χ4n) is 1.51. The molecule has 100 valence electrons. The largest absolute Gasteiger partial charge is 0.473 e. The molecule has 0 amide bonds. The van der Waals surface area contributed by atoms with Crippen molar-refractivity contribution in [3.8, 4) is 5.88 Å². The van der Waals surface area contributed by atoms with Crippen LogP contribution in [0.25, 0.3) is 0 Å². The first-order valence-corrected chi connectivity index (χ1v) is 7.14. The van der Waals surface area contributed by atoms with Crippen LogP contribution in [0.2, 0.25) is 5.15 Å². The van der Waals surface area contributed by atoms with E-state index in [-0.39, 0.29) is 5.92 Å². The van der Waals surface area contributed by atoms with E-state index in [0.29, 0.717) is 23.5 Å². The van der Waals surface area contributed by atoms with Gasteiger partial charge in [0.2, 0.25) is 5.88 Å². The maximum absolute atomic E-state index is 5.97. The van der Waals surface area contributed by atoms with Gasteiger partial charge in [-0.05, 0) is 6.07 Å². The maximum Gasteiger partial charge on any atom is 0.218 e. The molecule has 2 rings (SSSR count). The minimum absolute atomic E-state index is 0.213. The number of hydrogen-bond acceptors (Lipinski definition) is 3. The SMILES string of the molecule is CC(C)c1nc(Cl)cc(OCc2ccccc2Br)n1. The summed E-state index contributed by atoms with van der Waals surface area (Å²) in [7, 11) is 0. The smallest absolute Gasteiger partial charge is 0.218 e. The van der Waals surface area contributed by atoms with Crippen molar-refractivity contribution in [2.24, 2.45) is 0 Å². The lowest BCUT2D eigenvalue weighted by Crippen LogP contribution is -2.03. The Morgan fingerprint density at radius 1 is 1.26 bits per heavy atom. The quantitative estimate of drug-likeness (QED) is 0.763. The van der Waals surface area contributed by atoms with Crippen LogP contribution in [-0.4, -0.2) is 9.97 Å². The Kier molecular flexibility index (Phi) is 4.77. The first kappa shape index (κ1) is 14.3. The Hall–Kier alpha value is -1.13.